The van der Waals surface area contributed by atoms with Crippen molar-refractivity contribution in [2.45, 2.75) is 18.7 Å². The number of carbonyl (C=O) groups excluding carboxylic acids is 2. The third-order valence-corrected chi connectivity index (χ3v) is 6.63. The number of nitrogens with one attached hydrogen (secondary N) is 2. The first kappa shape index (κ1) is 21.5. The van der Waals surface area contributed by atoms with E-state index >= 15 is 0 Å². The highest BCUT2D eigenvalue weighted by molar-refractivity contribution is 9.10. The molecular weight excluding hydrogens is 458 g/mol. The predicted octanol–water partition coefficient (Wildman–Crippen LogP) is 2.17. The number of rotatable bonds is 7. The van der Waals surface area contributed by atoms with Crippen molar-refractivity contribution in [1.29, 1.82) is 0 Å². The summed E-state index contributed by atoms with van der Waals surface area (Å²) in [5.41, 5.74) is 2.26. The van der Waals surface area contributed by atoms with Crippen LogP contribution in [0.25, 0.3) is 0 Å². The van der Waals surface area contributed by atoms with Crippen LogP contribution < -0.4 is 14.9 Å². The van der Waals surface area contributed by atoms with Gasteiger partial charge in [-0.1, -0.05) is 46.3 Å². The van der Waals surface area contributed by atoms with Gasteiger partial charge in [-0.15, -0.1) is 0 Å². The molecule has 0 aromatic heterocycles. The van der Waals surface area contributed by atoms with Gasteiger partial charge in [-0.05, 0) is 42.8 Å². The summed E-state index contributed by atoms with van der Waals surface area (Å²) in [5, 5.41) is 2.81. The molecule has 1 unspecified atom stereocenters. The molecule has 0 saturated carbocycles. The van der Waals surface area contributed by atoms with Gasteiger partial charge in [-0.3, -0.25) is 9.59 Å². The van der Waals surface area contributed by atoms with E-state index in [-0.39, 0.29) is 24.1 Å². The fourth-order valence-electron chi connectivity index (χ4n) is 3.18. The largest absolute Gasteiger partial charge is 0.351 e. The summed E-state index contributed by atoms with van der Waals surface area (Å²) < 4.78 is 26.3. The van der Waals surface area contributed by atoms with Crippen LogP contribution in [0.15, 0.2) is 53.0 Å². The number of carbonyl (C=O) groups is 2. The quantitative estimate of drug-likeness (QED) is 0.594. The highest BCUT2D eigenvalue weighted by atomic mass is 79.9. The summed E-state index contributed by atoms with van der Waals surface area (Å²) in [5.74, 6) is -1.30. The zero-order valence-corrected chi connectivity index (χ0v) is 18.3. The highest BCUT2D eigenvalue weighted by Crippen LogP contribution is 2.27. The molecule has 1 fully saturated rings. The minimum atomic E-state index is -3.32. The molecule has 2 amide bonds. The third-order valence-electron chi connectivity index (χ3n) is 4.80. The van der Waals surface area contributed by atoms with Crippen LogP contribution in [0, 0.1) is 5.92 Å². The maximum atomic E-state index is 12.7. The monoisotopic (exact) mass is 479 g/mol. The Kier molecular flexibility index (Phi) is 6.71. The molecule has 2 aromatic carbocycles. The van der Waals surface area contributed by atoms with Crippen molar-refractivity contribution < 1.29 is 18.0 Å². The molecule has 1 aliphatic rings. The van der Waals surface area contributed by atoms with E-state index in [1.54, 1.807) is 29.2 Å². The van der Waals surface area contributed by atoms with E-state index in [2.05, 4.69) is 26.0 Å². The molecule has 3 rings (SSSR count). The molecule has 2 N–H and O–H groups in total. The Hall–Kier alpha value is -2.23. The zero-order chi connectivity index (χ0) is 21.0. The van der Waals surface area contributed by atoms with E-state index in [9.17, 15) is 18.0 Å². The summed E-state index contributed by atoms with van der Waals surface area (Å²) in [6, 6.07) is 14.4. The van der Waals surface area contributed by atoms with E-state index in [4.69, 9.17) is 0 Å². The van der Waals surface area contributed by atoms with Gasteiger partial charge in [0.25, 0.3) is 0 Å². The average Bonchev–Trinajstić information content (AvgIpc) is 3.08. The van der Waals surface area contributed by atoms with Gasteiger partial charge < -0.3 is 10.2 Å². The van der Waals surface area contributed by atoms with Gasteiger partial charge in [0.05, 0.1) is 5.75 Å². The van der Waals surface area contributed by atoms with Crippen molar-refractivity contribution in [2.24, 2.45) is 5.92 Å². The average molecular weight is 480 g/mol. The number of hydrogen-bond donors (Lipinski definition) is 2. The molecule has 1 aliphatic heterocycles. The lowest BCUT2D eigenvalue weighted by Gasteiger charge is -2.17. The van der Waals surface area contributed by atoms with Crippen LogP contribution in [0.4, 0.5) is 5.69 Å². The van der Waals surface area contributed by atoms with Gasteiger partial charge in [-0.2, -0.15) is 0 Å². The molecule has 2 aromatic rings. The topological polar surface area (TPSA) is 95.6 Å². The minimum absolute atomic E-state index is 0.0991. The number of nitrogens with zero attached hydrogens (tertiary/aromatic N) is 1. The Labute approximate surface area is 178 Å². The maximum absolute atomic E-state index is 12.7. The summed E-state index contributed by atoms with van der Waals surface area (Å²) in [4.78, 5) is 26.8. The van der Waals surface area contributed by atoms with Gasteiger partial charge in [0.1, 0.15) is 5.92 Å². The Morgan fingerprint density at radius 3 is 2.52 bits per heavy atom. The zero-order valence-electron chi connectivity index (χ0n) is 15.9. The van der Waals surface area contributed by atoms with Crippen LogP contribution in [0.5, 0.6) is 0 Å². The van der Waals surface area contributed by atoms with E-state index in [0.29, 0.717) is 18.5 Å². The van der Waals surface area contributed by atoms with Crippen molar-refractivity contribution in [3.05, 3.63) is 64.1 Å². The summed E-state index contributed by atoms with van der Waals surface area (Å²) >= 11 is 3.39. The van der Waals surface area contributed by atoms with Crippen LogP contribution in [-0.4, -0.2) is 33.8 Å². The standard InChI is InChI=1S/C20H22BrN3O4S/c1-22-29(27,28)13-15-7-5-14(6-8-15)12-23-19(25)18-9-10-24(20(18)26)17-4-2-3-16(21)11-17/h2-8,11,18,22H,9-10,12-13H2,1H3,(H,23,25). The number of anilines is 1. The van der Waals surface area contributed by atoms with Gasteiger partial charge >= 0.3 is 0 Å². The fraction of sp³-hybridized carbons (Fsp3) is 0.300. The van der Waals surface area contributed by atoms with Crippen LogP contribution in [0.2, 0.25) is 0 Å². The Morgan fingerprint density at radius 1 is 1.17 bits per heavy atom. The molecule has 154 valence electrons. The van der Waals surface area contributed by atoms with Crippen LogP contribution >= 0.6 is 15.9 Å². The molecule has 1 saturated heterocycles. The first-order valence-corrected chi connectivity index (χ1v) is 11.6. The molecule has 9 heteroatoms. The summed E-state index contributed by atoms with van der Waals surface area (Å²) in [6.07, 6.45) is 0.470. The van der Waals surface area contributed by atoms with Crippen molar-refractivity contribution in [3.8, 4) is 0 Å². The van der Waals surface area contributed by atoms with Gasteiger partial charge in [0, 0.05) is 23.2 Å². The molecule has 29 heavy (non-hydrogen) atoms. The second-order valence-corrected chi connectivity index (χ2v) is 9.65. The summed E-state index contributed by atoms with van der Waals surface area (Å²) in [6.45, 7) is 0.778. The van der Waals surface area contributed by atoms with Crippen molar-refractivity contribution >= 4 is 43.5 Å². The second kappa shape index (κ2) is 9.06. The number of benzene rings is 2. The number of halogens is 1. The first-order valence-electron chi connectivity index (χ1n) is 9.13. The fourth-order valence-corrected chi connectivity index (χ4v) is 4.34. The number of hydrogen-bond acceptors (Lipinski definition) is 4. The van der Waals surface area contributed by atoms with E-state index < -0.39 is 15.9 Å². The maximum Gasteiger partial charge on any atom is 0.239 e. The van der Waals surface area contributed by atoms with Crippen molar-refractivity contribution in [1.82, 2.24) is 10.0 Å². The number of amides is 2. The van der Waals surface area contributed by atoms with Crippen LogP contribution in [0.1, 0.15) is 17.5 Å². The van der Waals surface area contributed by atoms with Crippen LogP contribution in [-0.2, 0) is 31.9 Å². The van der Waals surface area contributed by atoms with E-state index in [0.717, 1.165) is 15.7 Å². The Bertz CT molecular complexity index is 1010. The highest BCUT2D eigenvalue weighted by Gasteiger charge is 2.37. The van der Waals surface area contributed by atoms with Crippen LogP contribution in [0.3, 0.4) is 0 Å². The normalized spacial score (nSPS) is 16.8. The molecule has 0 spiro atoms. The minimum Gasteiger partial charge on any atom is -0.351 e. The van der Waals surface area contributed by atoms with Gasteiger partial charge in [0.15, 0.2) is 0 Å². The second-order valence-electron chi connectivity index (χ2n) is 6.81. The van der Waals surface area contributed by atoms with Gasteiger partial charge in [0.2, 0.25) is 21.8 Å². The lowest BCUT2D eigenvalue weighted by molar-refractivity contribution is -0.132. The molecule has 7 nitrogen and oxygen atoms in total. The molecule has 1 heterocycles. The summed E-state index contributed by atoms with van der Waals surface area (Å²) in [7, 11) is -1.95. The third kappa shape index (κ3) is 5.43. The molecular formula is C20H22BrN3O4S. The van der Waals surface area contributed by atoms with Crippen molar-refractivity contribution in [2.75, 3.05) is 18.5 Å². The number of sulfonamides is 1. The lowest BCUT2D eigenvalue weighted by Crippen LogP contribution is -2.36. The van der Waals surface area contributed by atoms with Gasteiger partial charge in [-0.25, -0.2) is 13.1 Å². The van der Waals surface area contributed by atoms with Crippen molar-refractivity contribution in [3.63, 3.8) is 0 Å². The molecule has 0 aliphatic carbocycles. The Morgan fingerprint density at radius 2 is 1.86 bits per heavy atom. The molecule has 0 bridgehead atoms. The smallest absolute Gasteiger partial charge is 0.239 e. The van der Waals surface area contributed by atoms with E-state index in [1.165, 1.54) is 7.05 Å². The first-order chi connectivity index (χ1) is 13.8. The Balaban J connectivity index is 1.56. The molecule has 0 radical (unpaired) electrons. The molecule has 1 atom stereocenters. The van der Waals surface area contributed by atoms with E-state index in [1.807, 2.05) is 24.3 Å². The lowest BCUT2D eigenvalue weighted by atomic mass is 10.1. The predicted molar refractivity (Wildman–Crippen MR) is 115 cm³/mol. The SMILES string of the molecule is CNS(=O)(=O)Cc1ccc(CNC(=O)C2CCN(c3cccc(Br)c3)C2=O)cc1.